The van der Waals surface area contributed by atoms with Crippen molar-refractivity contribution in [1.82, 2.24) is 15.1 Å². The molecule has 2 rings (SSSR count). The van der Waals surface area contributed by atoms with Gasteiger partial charge in [-0.2, -0.15) is 5.10 Å². The monoisotopic (exact) mass is 215 g/mol. The van der Waals surface area contributed by atoms with E-state index in [9.17, 15) is 0 Å². The predicted octanol–water partition coefficient (Wildman–Crippen LogP) is 2.02. The number of likely N-dealkylation sites (N-methyl/N-ethyl adjacent to an activating group) is 1. The second-order valence-electron chi connectivity index (χ2n) is 3.69. The average molecular weight is 215 g/mol. The van der Waals surface area contributed by atoms with E-state index in [0.29, 0.717) is 0 Å². The number of hydrogen-bond acceptors (Lipinski definition) is 2. The molecule has 3 heteroatoms. The van der Waals surface area contributed by atoms with Crippen molar-refractivity contribution in [2.24, 2.45) is 0 Å². The topological polar surface area (TPSA) is 29.9 Å². The number of nitrogens with zero attached hydrogens (tertiary/aromatic N) is 2. The molecule has 0 aliphatic heterocycles. The molecule has 1 aromatic carbocycles. The number of hydrogen-bond donors (Lipinski definition) is 1. The third kappa shape index (κ3) is 2.70. The minimum atomic E-state index is 0.980. The van der Waals surface area contributed by atoms with Gasteiger partial charge >= 0.3 is 0 Å². The maximum atomic E-state index is 4.53. The summed E-state index contributed by atoms with van der Waals surface area (Å²) in [4.78, 5) is 0. The van der Waals surface area contributed by atoms with E-state index in [1.54, 1.807) is 0 Å². The summed E-state index contributed by atoms with van der Waals surface area (Å²) in [5, 5.41) is 7.83. The number of aromatic nitrogens is 2. The molecule has 0 aliphatic carbocycles. The minimum Gasteiger partial charge on any atom is -0.317 e. The van der Waals surface area contributed by atoms with E-state index in [0.717, 1.165) is 30.9 Å². The molecule has 0 saturated heterocycles. The van der Waals surface area contributed by atoms with Gasteiger partial charge in [-0.1, -0.05) is 25.1 Å². The van der Waals surface area contributed by atoms with Crippen LogP contribution in [-0.2, 0) is 6.42 Å². The molecule has 1 heterocycles. The van der Waals surface area contributed by atoms with Crippen LogP contribution in [-0.4, -0.2) is 22.9 Å². The van der Waals surface area contributed by atoms with Gasteiger partial charge in [0.25, 0.3) is 0 Å². The Labute approximate surface area is 96.1 Å². The Balaban J connectivity index is 2.02. The van der Waals surface area contributed by atoms with E-state index in [-0.39, 0.29) is 0 Å². The molecule has 0 atom stereocenters. The fourth-order valence-corrected chi connectivity index (χ4v) is 1.61. The van der Waals surface area contributed by atoms with Crippen LogP contribution in [0.25, 0.3) is 5.69 Å². The van der Waals surface area contributed by atoms with Gasteiger partial charge in [-0.05, 0) is 24.7 Å². The number of rotatable bonds is 5. The third-order valence-corrected chi connectivity index (χ3v) is 2.47. The summed E-state index contributed by atoms with van der Waals surface area (Å²) in [5.74, 6) is 0. The van der Waals surface area contributed by atoms with Crippen LogP contribution in [0.4, 0.5) is 0 Å². The van der Waals surface area contributed by atoms with Crippen LogP contribution in [0.3, 0.4) is 0 Å². The lowest BCUT2D eigenvalue weighted by Crippen LogP contribution is -2.16. The Hall–Kier alpha value is -1.61. The molecule has 16 heavy (non-hydrogen) atoms. The quantitative estimate of drug-likeness (QED) is 0.773. The van der Waals surface area contributed by atoms with Crippen molar-refractivity contribution in [3.63, 3.8) is 0 Å². The van der Waals surface area contributed by atoms with Gasteiger partial charge in [0.15, 0.2) is 0 Å². The van der Waals surface area contributed by atoms with Crippen LogP contribution in [0.5, 0.6) is 0 Å². The van der Waals surface area contributed by atoms with Crippen LogP contribution in [0.15, 0.2) is 42.6 Å². The first kappa shape index (κ1) is 10.9. The van der Waals surface area contributed by atoms with E-state index in [2.05, 4.69) is 35.5 Å². The maximum absolute atomic E-state index is 4.53. The molecule has 3 nitrogen and oxygen atoms in total. The zero-order valence-corrected chi connectivity index (χ0v) is 9.56. The Morgan fingerprint density at radius 3 is 2.75 bits per heavy atom. The van der Waals surface area contributed by atoms with E-state index in [1.807, 2.05) is 29.1 Å². The zero-order chi connectivity index (χ0) is 11.2. The van der Waals surface area contributed by atoms with Crippen LogP contribution in [0.2, 0.25) is 0 Å². The highest BCUT2D eigenvalue weighted by atomic mass is 15.3. The smallest absolute Gasteiger partial charge is 0.0645 e. The summed E-state index contributed by atoms with van der Waals surface area (Å²) in [6.07, 6.45) is 2.99. The molecular formula is C13H17N3. The fourth-order valence-electron chi connectivity index (χ4n) is 1.61. The molecule has 0 spiro atoms. The van der Waals surface area contributed by atoms with E-state index in [4.69, 9.17) is 0 Å². The fraction of sp³-hybridized carbons (Fsp3) is 0.308. The van der Waals surface area contributed by atoms with Crippen LogP contribution in [0, 0.1) is 0 Å². The lowest BCUT2D eigenvalue weighted by Gasteiger charge is -2.00. The van der Waals surface area contributed by atoms with Gasteiger partial charge in [0.1, 0.15) is 0 Å². The third-order valence-electron chi connectivity index (χ3n) is 2.47. The second kappa shape index (κ2) is 5.47. The van der Waals surface area contributed by atoms with Gasteiger partial charge in [0.05, 0.1) is 11.4 Å². The number of nitrogens with one attached hydrogen (secondary N) is 1. The molecule has 2 aromatic rings. The highest BCUT2D eigenvalue weighted by Crippen LogP contribution is 2.06. The van der Waals surface area contributed by atoms with Gasteiger partial charge in [0, 0.05) is 19.2 Å². The Bertz CT molecular complexity index is 420. The minimum absolute atomic E-state index is 0.980. The Morgan fingerprint density at radius 2 is 2.00 bits per heavy atom. The average Bonchev–Trinajstić information content (AvgIpc) is 2.79. The van der Waals surface area contributed by atoms with Crippen molar-refractivity contribution in [3.05, 3.63) is 48.3 Å². The van der Waals surface area contributed by atoms with Gasteiger partial charge in [-0.15, -0.1) is 0 Å². The molecule has 1 N–H and O–H groups in total. The Morgan fingerprint density at radius 1 is 1.19 bits per heavy atom. The summed E-state index contributed by atoms with van der Waals surface area (Å²) >= 11 is 0. The van der Waals surface area contributed by atoms with E-state index in [1.165, 1.54) is 0 Å². The van der Waals surface area contributed by atoms with Crippen molar-refractivity contribution in [3.8, 4) is 5.69 Å². The molecule has 0 unspecified atom stereocenters. The molecule has 0 radical (unpaired) electrons. The van der Waals surface area contributed by atoms with Gasteiger partial charge in [-0.3, -0.25) is 0 Å². The van der Waals surface area contributed by atoms with Crippen molar-refractivity contribution < 1.29 is 0 Å². The van der Waals surface area contributed by atoms with Crippen molar-refractivity contribution >= 4 is 0 Å². The van der Waals surface area contributed by atoms with Crippen molar-refractivity contribution in [1.29, 1.82) is 0 Å². The molecule has 0 aliphatic rings. The highest BCUT2D eigenvalue weighted by molar-refractivity contribution is 5.30. The lowest BCUT2D eigenvalue weighted by molar-refractivity contribution is 0.700. The SMILES string of the molecule is CCNCCc1ccn(-c2ccccc2)n1. The van der Waals surface area contributed by atoms with Gasteiger partial charge in [0.2, 0.25) is 0 Å². The largest absolute Gasteiger partial charge is 0.317 e. The first-order valence-electron chi connectivity index (χ1n) is 5.71. The lowest BCUT2D eigenvalue weighted by atomic mass is 10.3. The van der Waals surface area contributed by atoms with Crippen molar-refractivity contribution in [2.75, 3.05) is 13.1 Å². The Kier molecular flexibility index (Phi) is 3.72. The normalized spacial score (nSPS) is 10.6. The maximum Gasteiger partial charge on any atom is 0.0645 e. The van der Waals surface area contributed by atoms with Gasteiger partial charge in [-0.25, -0.2) is 4.68 Å². The van der Waals surface area contributed by atoms with Crippen LogP contribution in [0.1, 0.15) is 12.6 Å². The summed E-state index contributed by atoms with van der Waals surface area (Å²) in [6.45, 7) is 4.12. The van der Waals surface area contributed by atoms with E-state index < -0.39 is 0 Å². The zero-order valence-electron chi connectivity index (χ0n) is 9.56. The first-order chi connectivity index (χ1) is 7.90. The number of benzene rings is 1. The molecular weight excluding hydrogens is 198 g/mol. The molecule has 0 amide bonds. The van der Waals surface area contributed by atoms with Crippen LogP contribution >= 0.6 is 0 Å². The summed E-state index contributed by atoms with van der Waals surface area (Å²) < 4.78 is 1.92. The second-order valence-corrected chi connectivity index (χ2v) is 3.69. The highest BCUT2D eigenvalue weighted by Gasteiger charge is 1.99. The molecule has 84 valence electrons. The molecule has 1 aromatic heterocycles. The number of para-hydroxylation sites is 1. The van der Waals surface area contributed by atoms with Crippen molar-refractivity contribution in [2.45, 2.75) is 13.3 Å². The van der Waals surface area contributed by atoms with E-state index >= 15 is 0 Å². The first-order valence-corrected chi connectivity index (χ1v) is 5.71. The molecule has 0 saturated carbocycles. The molecule has 0 fully saturated rings. The standard InChI is InChI=1S/C13H17N3/c1-2-14-10-8-12-9-11-16(15-12)13-6-4-3-5-7-13/h3-7,9,11,14H,2,8,10H2,1H3. The summed E-state index contributed by atoms with van der Waals surface area (Å²) in [6, 6.07) is 12.2. The van der Waals surface area contributed by atoms with Crippen LogP contribution < -0.4 is 5.32 Å². The van der Waals surface area contributed by atoms with Gasteiger partial charge < -0.3 is 5.32 Å². The molecule has 0 bridgehead atoms. The summed E-state index contributed by atoms with van der Waals surface area (Å²) in [7, 11) is 0. The summed E-state index contributed by atoms with van der Waals surface area (Å²) in [5.41, 5.74) is 2.24. The predicted molar refractivity (Wildman–Crippen MR) is 65.8 cm³/mol.